The summed E-state index contributed by atoms with van der Waals surface area (Å²) in [6.45, 7) is 18.6. The van der Waals surface area contributed by atoms with E-state index in [4.69, 9.17) is 28.4 Å². The van der Waals surface area contributed by atoms with Gasteiger partial charge in [0, 0.05) is 43.1 Å². The molecule has 0 heterocycles. The second-order valence-electron chi connectivity index (χ2n) is 30.4. The number of amides is 4. The van der Waals surface area contributed by atoms with Crippen LogP contribution in [-0.2, 0) is 66.8 Å². The highest BCUT2D eigenvalue weighted by atomic mass is 32.2. The second-order valence-corrected chi connectivity index (χ2v) is 31.5. The van der Waals surface area contributed by atoms with Crippen molar-refractivity contribution in [1.29, 1.82) is 0 Å². The molecule has 0 unspecified atom stereocenters. The molecule has 2 aromatic rings. The number of esters is 5. The molecule has 2 aromatic carbocycles. The minimum Gasteiger partial charge on any atom is -0.462 e. The number of alkyl carbamates (subject to hydrolysis) is 1. The third kappa shape index (κ3) is 42.9. The van der Waals surface area contributed by atoms with Crippen molar-refractivity contribution in [2.45, 2.75) is 354 Å². The van der Waals surface area contributed by atoms with E-state index in [9.17, 15) is 43.2 Å². The molecule has 1 aliphatic rings. The van der Waals surface area contributed by atoms with Crippen LogP contribution in [0.3, 0.4) is 0 Å². The van der Waals surface area contributed by atoms with E-state index in [1.54, 1.807) is 62.3 Å². The standard InChI is InChI=1S/C81H132N4O15S/c1-12-14-16-18-20-22-24-26-28-30-32-34-36-38-40-50-71(87)95-57-61(97-72(88)51-41-39-37-35-33-31-29-27-25-23-21-19-17-15-13-2)59-101-60-69(85-78(94)96-58-66-64-48-44-42-46-62(64)63-47-43-45-49-65(63)66)75(91)82-56-70(86)83-67(52-54-73(89)98-79(3,4)5)76(92)84-68(77(93)100-81(9,10)11)53-55-74(90)99-80(6,7)8/h42-49,61,66-69H,12-41,50-60H2,1-11H3,(H,82,91)(H,83,86)(H,84,92)(H,85,94)/t61-,67+,68+,69+/m1/s1. The maximum Gasteiger partial charge on any atom is 0.407 e. The predicted molar refractivity (Wildman–Crippen MR) is 402 cm³/mol. The molecule has 0 fully saturated rings. The van der Waals surface area contributed by atoms with E-state index in [1.165, 1.54) is 141 Å². The third-order valence-electron chi connectivity index (χ3n) is 17.4. The first-order valence-corrected chi connectivity index (χ1v) is 39.9. The van der Waals surface area contributed by atoms with Gasteiger partial charge in [-0.15, -0.1) is 0 Å². The van der Waals surface area contributed by atoms with Gasteiger partial charge in [-0.05, 0) is 110 Å². The second kappa shape index (κ2) is 51.1. The molecule has 4 N–H and O–H groups in total. The summed E-state index contributed by atoms with van der Waals surface area (Å²) in [7, 11) is 0. The molecule has 4 amide bonds. The van der Waals surface area contributed by atoms with Crippen LogP contribution in [0.1, 0.15) is 324 Å². The minimum absolute atomic E-state index is 0.0611. The van der Waals surface area contributed by atoms with Crippen LogP contribution < -0.4 is 21.3 Å². The summed E-state index contributed by atoms with van der Waals surface area (Å²) in [6, 6.07) is 11.5. The van der Waals surface area contributed by atoms with E-state index < -0.39 is 101 Å². The van der Waals surface area contributed by atoms with Crippen LogP contribution in [0.5, 0.6) is 0 Å². The van der Waals surface area contributed by atoms with Crippen molar-refractivity contribution in [2.24, 2.45) is 0 Å². The molecular formula is C81H132N4O15S. The topological polar surface area (TPSA) is 257 Å². The number of hydrogen-bond acceptors (Lipinski definition) is 16. The summed E-state index contributed by atoms with van der Waals surface area (Å²) < 4.78 is 34.2. The fourth-order valence-electron chi connectivity index (χ4n) is 12.2. The van der Waals surface area contributed by atoms with Gasteiger partial charge in [-0.2, -0.15) is 11.8 Å². The van der Waals surface area contributed by atoms with Gasteiger partial charge in [0.15, 0.2) is 0 Å². The molecule has 0 spiro atoms. The molecule has 4 atom stereocenters. The number of nitrogens with one attached hydrogen (secondary N) is 4. The lowest BCUT2D eigenvalue weighted by molar-refractivity contribution is -0.161. The summed E-state index contributed by atoms with van der Waals surface area (Å²) in [5.74, 6) is -5.87. The van der Waals surface area contributed by atoms with E-state index in [0.29, 0.717) is 12.8 Å². The lowest BCUT2D eigenvalue weighted by atomic mass is 9.98. The van der Waals surface area contributed by atoms with Crippen molar-refractivity contribution in [2.75, 3.05) is 31.3 Å². The van der Waals surface area contributed by atoms with Crippen LogP contribution in [-0.4, -0.2) is 126 Å². The van der Waals surface area contributed by atoms with Crippen LogP contribution in [0.2, 0.25) is 0 Å². The van der Waals surface area contributed by atoms with Crippen LogP contribution >= 0.6 is 11.8 Å². The quantitative estimate of drug-likeness (QED) is 0.0273. The van der Waals surface area contributed by atoms with Gasteiger partial charge in [0.2, 0.25) is 17.7 Å². The van der Waals surface area contributed by atoms with Gasteiger partial charge in [-0.1, -0.05) is 242 Å². The van der Waals surface area contributed by atoms with Crippen molar-refractivity contribution in [3.63, 3.8) is 0 Å². The van der Waals surface area contributed by atoms with Crippen LogP contribution in [0.25, 0.3) is 11.1 Å². The molecule has 101 heavy (non-hydrogen) atoms. The number of hydrogen-bond donors (Lipinski definition) is 4. The Labute approximate surface area is 611 Å². The van der Waals surface area contributed by atoms with Gasteiger partial charge in [-0.25, -0.2) is 9.59 Å². The molecule has 0 aliphatic heterocycles. The summed E-state index contributed by atoms with van der Waals surface area (Å²) in [6.07, 6.45) is 33.3. The fraction of sp³-hybridized carbons (Fsp3) is 0.741. The van der Waals surface area contributed by atoms with E-state index >= 15 is 0 Å². The summed E-state index contributed by atoms with van der Waals surface area (Å²) in [5, 5.41) is 10.5. The predicted octanol–water partition coefficient (Wildman–Crippen LogP) is 17.3. The van der Waals surface area contributed by atoms with Crippen molar-refractivity contribution in [3.05, 3.63) is 59.7 Å². The van der Waals surface area contributed by atoms with Gasteiger partial charge >= 0.3 is 35.9 Å². The Balaban J connectivity index is 1.77. The maximum atomic E-state index is 14.4. The average molecular weight is 1430 g/mol. The minimum atomic E-state index is -1.47. The smallest absolute Gasteiger partial charge is 0.407 e. The Bertz CT molecular complexity index is 2690. The Kier molecular flexibility index (Phi) is 45.0. The Morgan fingerprint density at radius 2 is 0.822 bits per heavy atom. The number of rotatable bonds is 55. The van der Waals surface area contributed by atoms with E-state index in [1.807, 2.05) is 48.5 Å². The summed E-state index contributed by atoms with van der Waals surface area (Å²) >= 11 is 1.16. The number of ether oxygens (including phenoxy) is 6. The monoisotopic (exact) mass is 1430 g/mol. The molecule has 0 bridgehead atoms. The molecule has 19 nitrogen and oxygen atoms in total. The number of unbranched alkanes of at least 4 members (excludes halogenated alkanes) is 28. The molecule has 572 valence electrons. The van der Waals surface area contributed by atoms with Crippen LogP contribution in [0, 0.1) is 0 Å². The first kappa shape index (κ1) is 89.0. The number of carbonyl (C=O) groups is 9. The molecule has 0 radical (unpaired) electrons. The summed E-state index contributed by atoms with van der Waals surface area (Å²) in [4.78, 5) is 123. The number of benzene rings is 2. The zero-order valence-electron chi connectivity index (χ0n) is 64.0. The molecule has 0 saturated carbocycles. The third-order valence-corrected chi connectivity index (χ3v) is 18.6. The molecular weight excluding hydrogens is 1300 g/mol. The lowest BCUT2D eigenvalue weighted by Gasteiger charge is -2.27. The zero-order valence-corrected chi connectivity index (χ0v) is 64.8. The van der Waals surface area contributed by atoms with E-state index in [2.05, 4.69) is 35.1 Å². The molecule has 1 aliphatic carbocycles. The first-order valence-electron chi connectivity index (χ1n) is 38.8. The largest absolute Gasteiger partial charge is 0.462 e. The number of carbonyl (C=O) groups excluding carboxylic acids is 9. The molecule has 20 heteroatoms. The normalized spacial score (nSPS) is 13.3. The van der Waals surface area contributed by atoms with Gasteiger partial charge in [0.05, 0.1) is 6.54 Å². The molecule has 3 rings (SSSR count). The Hall–Kier alpha value is -6.18. The van der Waals surface area contributed by atoms with E-state index in [-0.39, 0.29) is 69.2 Å². The van der Waals surface area contributed by atoms with Gasteiger partial charge in [0.1, 0.15) is 54.2 Å². The molecule has 0 aromatic heterocycles. The van der Waals surface area contributed by atoms with Gasteiger partial charge < -0.3 is 49.7 Å². The van der Waals surface area contributed by atoms with Gasteiger partial charge in [-0.3, -0.25) is 33.6 Å². The fourth-order valence-corrected chi connectivity index (χ4v) is 13.2. The van der Waals surface area contributed by atoms with Crippen molar-refractivity contribution in [3.8, 4) is 11.1 Å². The van der Waals surface area contributed by atoms with Crippen molar-refractivity contribution >= 4 is 65.4 Å². The number of thioether (sulfide) groups is 1. The van der Waals surface area contributed by atoms with Crippen LogP contribution in [0.15, 0.2) is 48.5 Å². The first-order chi connectivity index (χ1) is 48.2. The molecule has 0 saturated heterocycles. The number of fused-ring (bicyclic) bond motifs is 3. The highest BCUT2D eigenvalue weighted by molar-refractivity contribution is 7.99. The Morgan fingerprint density at radius 3 is 1.26 bits per heavy atom. The highest BCUT2D eigenvalue weighted by Crippen LogP contribution is 2.44. The maximum absolute atomic E-state index is 14.4. The summed E-state index contributed by atoms with van der Waals surface area (Å²) in [5.41, 5.74) is 1.33. The highest BCUT2D eigenvalue weighted by Gasteiger charge is 2.34. The van der Waals surface area contributed by atoms with Crippen LogP contribution in [0.4, 0.5) is 4.79 Å². The SMILES string of the molecule is CCCCCCCCCCCCCCCCCC(=O)OC[C@H](CSC[C@H](NC(=O)OCC1c2ccccc2-c2ccccc21)C(=O)NCC(=O)N[C@@H](CCC(=O)OC(C)(C)C)C(=O)N[C@@H](CCC(=O)OC(C)(C)C)C(=O)OC(C)(C)C)OC(=O)CCCCCCCCCCCCCCCCC. The van der Waals surface area contributed by atoms with Crippen molar-refractivity contribution in [1.82, 2.24) is 21.3 Å². The Morgan fingerprint density at radius 1 is 0.416 bits per heavy atom. The van der Waals surface area contributed by atoms with E-state index in [0.717, 1.165) is 72.5 Å². The lowest BCUT2D eigenvalue weighted by Crippen LogP contribution is -2.55. The van der Waals surface area contributed by atoms with Gasteiger partial charge in [0.25, 0.3) is 0 Å². The van der Waals surface area contributed by atoms with Crippen molar-refractivity contribution < 1.29 is 71.6 Å². The average Bonchev–Trinajstić information content (AvgIpc) is 1.62. The zero-order chi connectivity index (χ0) is 74.3.